The van der Waals surface area contributed by atoms with Crippen LogP contribution in [-0.2, 0) is 14.3 Å². The Hall–Kier alpha value is -1.92. The van der Waals surface area contributed by atoms with Crippen LogP contribution in [0.15, 0.2) is 36.5 Å². The normalized spacial score (nSPS) is 12.8. The molecular weight excluding hydrogens is 839 g/mol. The highest BCUT2D eigenvalue weighted by Crippen LogP contribution is 2.17. The maximum Gasteiger partial charge on any atom is 0.305 e. The summed E-state index contributed by atoms with van der Waals surface area (Å²) in [4.78, 5) is 24.6. The Bertz CT molecular complexity index is 1100. The highest BCUT2D eigenvalue weighted by atomic mass is 16.5. The Morgan fingerprint density at radius 3 is 1.15 bits per heavy atom. The van der Waals surface area contributed by atoms with E-state index < -0.39 is 12.1 Å². The third kappa shape index (κ3) is 53.4. The molecule has 2 atom stereocenters. The fourth-order valence-electron chi connectivity index (χ4n) is 9.25. The molecule has 0 aliphatic heterocycles. The number of aliphatic hydroxyl groups excluding tert-OH is 2. The minimum absolute atomic E-state index is 0.0160. The van der Waals surface area contributed by atoms with Gasteiger partial charge in [0.1, 0.15) is 0 Å². The van der Waals surface area contributed by atoms with Gasteiger partial charge in [-0.25, -0.2) is 0 Å². The number of aliphatic hydroxyl groups is 2. The van der Waals surface area contributed by atoms with Crippen molar-refractivity contribution in [3.8, 4) is 0 Å². The van der Waals surface area contributed by atoms with Crippen LogP contribution in [-0.4, -0.2) is 47.4 Å². The van der Waals surface area contributed by atoms with Crippen molar-refractivity contribution in [2.45, 2.75) is 334 Å². The van der Waals surface area contributed by atoms with Gasteiger partial charge in [-0.15, -0.1) is 0 Å². The van der Waals surface area contributed by atoms with Crippen LogP contribution in [0.4, 0.5) is 0 Å². The predicted octanol–water partition coefficient (Wildman–Crippen LogP) is 18.8. The highest BCUT2D eigenvalue weighted by Gasteiger charge is 2.20. The minimum Gasteiger partial charge on any atom is -0.466 e. The topological polar surface area (TPSA) is 95.9 Å². The molecule has 0 aliphatic carbocycles. The quantitative estimate of drug-likeness (QED) is 0.0321. The summed E-state index contributed by atoms with van der Waals surface area (Å²) in [6.07, 6.45) is 71.4. The summed E-state index contributed by atoms with van der Waals surface area (Å²) in [7, 11) is 0. The largest absolute Gasteiger partial charge is 0.466 e. The number of rotatable bonds is 56. The third-order valence-electron chi connectivity index (χ3n) is 13.9. The van der Waals surface area contributed by atoms with Crippen LogP contribution < -0.4 is 5.32 Å². The molecule has 0 saturated heterocycles. The number of carbonyl (C=O) groups excluding carboxylic acids is 2. The molecular formula is C62H117NO5. The molecule has 400 valence electrons. The average Bonchev–Trinajstić information content (AvgIpc) is 3.34. The molecule has 6 nitrogen and oxygen atoms in total. The lowest BCUT2D eigenvalue weighted by Crippen LogP contribution is -2.45. The van der Waals surface area contributed by atoms with Gasteiger partial charge in [-0.2, -0.15) is 0 Å². The standard InChI is InChI=1S/C62H117NO5/c1-3-5-7-9-11-13-15-17-19-21-22-23-26-30-34-38-42-46-50-54-60(65)59(58-64)63-61(66)55-51-47-43-39-35-31-27-24-25-29-33-37-41-45-49-53-57-68-62(67)56-52-48-44-40-36-32-28-20-18-16-14-12-10-8-6-4-2/h14,16,20,24,27-28,59-60,64-65H,3-13,15,17-19,21-23,25-26,29-58H2,1-2H3,(H,63,66)/b16-14-,27-24-,28-20-. The van der Waals surface area contributed by atoms with Gasteiger partial charge in [-0.1, -0.05) is 262 Å². The Kier molecular flexibility index (Phi) is 56.0. The third-order valence-corrected chi connectivity index (χ3v) is 13.9. The van der Waals surface area contributed by atoms with Crippen molar-refractivity contribution in [1.82, 2.24) is 5.32 Å². The van der Waals surface area contributed by atoms with Crippen molar-refractivity contribution < 1.29 is 24.5 Å². The van der Waals surface area contributed by atoms with Crippen molar-refractivity contribution in [2.75, 3.05) is 13.2 Å². The van der Waals surface area contributed by atoms with Gasteiger partial charge >= 0.3 is 5.97 Å². The van der Waals surface area contributed by atoms with Gasteiger partial charge in [0.2, 0.25) is 5.91 Å². The number of esters is 1. The van der Waals surface area contributed by atoms with Gasteiger partial charge in [0.05, 0.1) is 25.4 Å². The van der Waals surface area contributed by atoms with E-state index in [0.717, 1.165) is 70.6 Å². The average molecular weight is 957 g/mol. The Morgan fingerprint density at radius 2 is 0.735 bits per heavy atom. The fraction of sp³-hybridized carbons (Fsp3) is 0.871. The van der Waals surface area contributed by atoms with Crippen LogP contribution in [0, 0.1) is 0 Å². The smallest absolute Gasteiger partial charge is 0.305 e. The van der Waals surface area contributed by atoms with Crippen molar-refractivity contribution in [1.29, 1.82) is 0 Å². The number of carbonyl (C=O) groups is 2. The van der Waals surface area contributed by atoms with Crippen LogP contribution in [0.1, 0.15) is 322 Å². The van der Waals surface area contributed by atoms with Gasteiger partial charge < -0.3 is 20.3 Å². The molecule has 0 aromatic carbocycles. The van der Waals surface area contributed by atoms with Gasteiger partial charge in [-0.3, -0.25) is 9.59 Å². The molecule has 0 heterocycles. The molecule has 0 rings (SSSR count). The van der Waals surface area contributed by atoms with E-state index in [1.807, 2.05) is 0 Å². The molecule has 0 bridgehead atoms. The van der Waals surface area contributed by atoms with Gasteiger partial charge in [-0.05, 0) is 83.5 Å². The molecule has 0 fully saturated rings. The molecule has 68 heavy (non-hydrogen) atoms. The van der Waals surface area contributed by atoms with Crippen molar-refractivity contribution in [2.24, 2.45) is 0 Å². The molecule has 0 radical (unpaired) electrons. The number of allylic oxidation sites excluding steroid dienone is 6. The zero-order valence-electron chi connectivity index (χ0n) is 45.6. The first-order chi connectivity index (χ1) is 33.5. The molecule has 0 spiro atoms. The highest BCUT2D eigenvalue weighted by molar-refractivity contribution is 5.76. The van der Waals surface area contributed by atoms with E-state index in [-0.39, 0.29) is 18.5 Å². The van der Waals surface area contributed by atoms with Crippen LogP contribution >= 0.6 is 0 Å². The van der Waals surface area contributed by atoms with E-state index in [9.17, 15) is 19.8 Å². The zero-order chi connectivity index (χ0) is 49.3. The first-order valence-electron chi connectivity index (χ1n) is 30.2. The lowest BCUT2D eigenvalue weighted by Gasteiger charge is -2.22. The van der Waals surface area contributed by atoms with Crippen LogP contribution in [0.3, 0.4) is 0 Å². The monoisotopic (exact) mass is 956 g/mol. The second kappa shape index (κ2) is 57.7. The lowest BCUT2D eigenvalue weighted by molar-refractivity contribution is -0.143. The molecule has 0 aromatic heterocycles. The Labute approximate surface area is 424 Å². The SMILES string of the molecule is CCCCCC/C=C\C/C=C\CCCCCCCC(=O)OCCCCCCCCC/C=C\CCCCCCCC(=O)NC(CO)C(O)CCCCCCCCCCCCCCCCCCCCC. The van der Waals surface area contributed by atoms with E-state index in [2.05, 4.69) is 55.6 Å². The number of ether oxygens (including phenoxy) is 1. The Morgan fingerprint density at radius 1 is 0.412 bits per heavy atom. The summed E-state index contributed by atoms with van der Waals surface area (Å²) in [6, 6.07) is -0.555. The van der Waals surface area contributed by atoms with Crippen molar-refractivity contribution >= 4 is 11.9 Å². The van der Waals surface area contributed by atoms with E-state index in [1.54, 1.807) is 0 Å². The minimum atomic E-state index is -0.676. The first kappa shape index (κ1) is 66.1. The zero-order valence-corrected chi connectivity index (χ0v) is 45.6. The van der Waals surface area contributed by atoms with Crippen LogP contribution in [0.25, 0.3) is 0 Å². The summed E-state index contributed by atoms with van der Waals surface area (Å²) < 4.78 is 5.47. The van der Waals surface area contributed by atoms with E-state index >= 15 is 0 Å². The fourth-order valence-corrected chi connectivity index (χ4v) is 9.25. The molecule has 1 amide bonds. The molecule has 2 unspecified atom stereocenters. The molecule has 0 saturated carbocycles. The lowest BCUT2D eigenvalue weighted by atomic mass is 10.0. The second-order valence-corrected chi connectivity index (χ2v) is 20.7. The maximum atomic E-state index is 12.5. The summed E-state index contributed by atoms with van der Waals surface area (Å²) in [6.45, 7) is 4.92. The predicted molar refractivity (Wildman–Crippen MR) is 296 cm³/mol. The van der Waals surface area contributed by atoms with Gasteiger partial charge in [0.25, 0.3) is 0 Å². The molecule has 0 aromatic rings. The van der Waals surface area contributed by atoms with E-state index in [4.69, 9.17) is 4.74 Å². The summed E-state index contributed by atoms with van der Waals surface area (Å²) >= 11 is 0. The van der Waals surface area contributed by atoms with E-state index in [0.29, 0.717) is 25.9 Å². The number of nitrogens with one attached hydrogen (secondary N) is 1. The summed E-state index contributed by atoms with van der Waals surface area (Å²) in [5.41, 5.74) is 0. The van der Waals surface area contributed by atoms with Crippen molar-refractivity contribution in [3.05, 3.63) is 36.5 Å². The first-order valence-corrected chi connectivity index (χ1v) is 30.2. The van der Waals surface area contributed by atoms with Crippen LogP contribution in [0.2, 0.25) is 0 Å². The molecule has 0 aliphatic rings. The maximum absolute atomic E-state index is 12.5. The summed E-state index contributed by atoms with van der Waals surface area (Å²) in [5, 5.41) is 23.3. The Balaban J connectivity index is 3.47. The van der Waals surface area contributed by atoms with E-state index in [1.165, 1.54) is 218 Å². The number of amides is 1. The van der Waals surface area contributed by atoms with Gasteiger partial charge in [0.15, 0.2) is 0 Å². The number of unbranched alkanes of at least 4 members (excludes halogenated alkanes) is 39. The second-order valence-electron chi connectivity index (χ2n) is 20.7. The molecule has 3 N–H and O–H groups in total. The van der Waals surface area contributed by atoms with Gasteiger partial charge in [0, 0.05) is 12.8 Å². The number of hydrogen-bond donors (Lipinski definition) is 3. The number of hydrogen-bond acceptors (Lipinski definition) is 5. The van der Waals surface area contributed by atoms with Crippen LogP contribution in [0.5, 0.6) is 0 Å². The van der Waals surface area contributed by atoms with Crippen molar-refractivity contribution in [3.63, 3.8) is 0 Å². The summed E-state index contributed by atoms with van der Waals surface area (Å²) in [5.74, 6) is -0.0666. The molecule has 6 heteroatoms.